The van der Waals surface area contributed by atoms with Crippen LogP contribution in [-0.2, 0) is 5.41 Å². The van der Waals surface area contributed by atoms with Crippen molar-refractivity contribution in [2.24, 2.45) is 0 Å². The molecule has 1 aliphatic heterocycles. The van der Waals surface area contributed by atoms with Crippen molar-refractivity contribution in [1.82, 2.24) is 9.55 Å². The second-order valence-electron chi connectivity index (χ2n) is 16.4. The number of para-hydroxylation sites is 3. The molecule has 0 bridgehead atoms. The van der Waals surface area contributed by atoms with Gasteiger partial charge < -0.3 is 4.90 Å². The SMILES string of the molecule is [2H]c1c([2H])c([2H])c2c(c1[2H])c1c([2H])c([2H])c([2H])c([2H])c1n2-c1cc(-c2cccc([Si](c3ccccc3)(c3ccccc3)c3ccccc3)c2)cc(N2c3ccccc3C3(C)CCCCC23C)n1. The lowest BCUT2D eigenvalue weighted by molar-refractivity contribution is 0.194. The van der Waals surface area contributed by atoms with Gasteiger partial charge in [0.2, 0.25) is 0 Å². The molecule has 59 heavy (non-hydrogen) atoms. The van der Waals surface area contributed by atoms with Gasteiger partial charge in [0, 0.05) is 21.9 Å². The Hall–Kier alpha value is -6.49. The molecule has 3 heterocycles. The first-order valence-corrected chi connectivity index (χ1v) is 22.5. The molecule has 0 radical (unpaired) electrons. The third kappa shape index (κ3) is 5.29. The number of hydrogen-bond acceptors (Lipinski definition) is 2. The first-order chi connectivity index (χ1) is 32.3. The fraction of sp³-hybridized carbons (Fsp3) is 0.145. The predicted octanol–water partition coefficient (Wildman–Crippen LogP) is 11.0. The van der Waals surface area contributed by atoms with E-state index in [-0.39, 0.29) is 57.2 Å². The zero-order valence-electron chi connectivity index (χ0n) is 41.1. The average Bonchev–Trinajstić information content (AvgIpc) is 3.83. The Kier molecular flexibility index (Phi) is 6.56. The highest BCUT2D eigenvalue weighted by atomic mass is 28.3. The maximum Gasteiger partial charge on any atom is 0.179 e. The lowest BCUT2D eigenvalue weighted by Gasteiger charge is -2.50. The van der Waals surface area contributed by atoms with Crippen LogP contribution < -0.4 is 25.6 Å². The number of rotatable bonds is 7. The van der Waals surface area contributed by atoms with E-state index in [2.05, 4.69) is 164 Å². The molecule has 11 rings (SSSR count). The van der Waals surface area contributed by atoms with E-state index < -0.39 is 37.8 Å². The third-order valence-electron chi connectivity index (χ3n) is 13.6. The molecule has 0 saturated heterocycles. The molecule has 2 aromatic heterocycles. The van der Waals surface area contributed by atoms with Crippen LogP contribution in [0.5, 0.6) is 0 Å². The van der Waals surface area contributed by atoms with Gasteiger partial charge in [0.05, 0.1) is 27.5 Å². The Balaban J connectivity index is 1.26. The number of hydrogen-bond donors (Lipinski definition) is 0. The highest BCUT2D eigenvalue weighted by Crippen LogP contribution is 2.60. The monoisotopic (exact) mass is 785 g/mol. The predicted molar refractivity (Wildman–Crippen MR) is 250 cm³/mol. The van der Waals surface area contributed by atoms with Gasteiger partial charge in [0.25, 0.3) is 0 Å². The van der Waals surface area contributed by atoms with Crippen LogP contribution in [-0.4, -0.2) is 23.2 Å². The lowest BCUT2D eigenvalue weighted by Crippen LogP contribution is -2.74. The summed E-state index contributed by atoms with van der Waals surface area (Å²) >= 11 is 0. The van der Waals surface area contributed by atoms with Crippen LogP contribution in [0.25, 0.3) is 38.8 Å². The van der Waals surface area contributed by atoms with Gasteiger partial charge in [-0.15, -0.1) is 0 Å². The normalized spacial score (nSPS) is 20.7. The summed E-state index contributed by atoms with van der Waals surface area (Å²) in [4.78, 5) is 7.87. The molecule has 2 unspecified atom stereocenters. The van der Waals surface area contributed by atoms with Crippen LogP contribution >= 0.6 is 0 Å². The number of pyridine rings is 1. The molecule has 1 saturated carbocycles. The average molecular weight is 786 g/mol. The van der Waals surface area contributed by atoms with E-state index in [1.54, 1.807) is 4.57 Å². The maximum atomic E-state index is 9.39. The van der Waals surface area contributed by atoms with Crippen molar-refractivity contribution in [2.45, 2.75) is 50.5 Å². The van der Waals surface area contributed by atoms with Gasteiger partial charge in [-0.2, -0.15) is 0 Å². The third-order valence-corrected chi connectivity index (χ3v) is 18.3. The van der Waals surface area contributed by atoms with E-state index in [0.717, 1.165) is 47.7 Å². The van der Waals surface area contributed by atoms with Gasteiger partial charge in [-0.3, -0.25) is 4.57 Å². The Morgan fingerprint density at radius 1 is 0.525 bits per heavy atom. The number of nitrogens with zero attached hydrogens (tertiary/aromatic N) is 3. The molecular weight excluding hydrogens is 731 g/mol. The minimum atomic E-state index is -2.99. The second-order valence-corrected chi connectivity index (χ2v) is 20.3. The van der Waals surface area contributed by atoms with Crippen molar-refractivity contribution in [3.8, 4) is 16.9 Å². The van der Waals surface area contributed by atoms with E-state index in [4.69, 9.17) is 10.5 Å². The minimum absolute atomic E-state index is 0.0199. The van der Waals surface area contributed by atoms with Crippen molar-refractivity contribution < 1.29 is 11.0 Å². The number of benzene rings is 7. The first-order valence-electron chi connectivity index (χ1n) is 24.5. The fourth-order valence-corrected chi connectivity index (χ4v) is 15.4. The van der Waals surface area contributed by atoms with Gasteiger partial charge in [-0.1, -0.05) is 189 Å². The van der Waals surface area contributed by atoms with E-state index >= 15 is 0 Å². The van der Waals surface area contributed by atoms with E-state index in [0.29, 0.717) is 5.82 Å². The van der Waals surface area contributed by atoms with Crippen LogP contribution in [0, 0.1) is 0 Å². The Morgan fingerprint density at radius 2 is 1.05 bits per heavy atom. The number of aromatic nitrogens is 2. The van der Waals surface area contributed by atoms with Gasteiger partial charge in [-0.25, -0.2) is 4.98 Å². The fourth-order valence-electron chi connectivity index (χ4n) is 10.6. The smallest absolute Gasteiger partial charge is 0.179 e. The van der Waals surface area contributed by atoms with Crippen molar-refractivity contribution >= 4 is 62.1 Å². The molecule has 2 atom stereocenters. The van der Waals surface area contributed by atoms with Gasteiger partial charge in [0.1, 0.15) is 11.6 Å². The van der Waals surface area contributed by atoms with Gasteiger partial charge in [0.15, 0.2) is 8.07 Å². The summed E-state index contributed by atoms with van der Waals surface area (Å²) in [6.45, 7) is 4.69. The Labute approximate surface area is 359 Å². The van der Waals surface area contributed by atoms with Gasteiger partial charge >= 0.3 is 0 Å². The molecule has 1 aliphatic carbocycles. The summed E-state index contributed by atoms with van der Waals surface area (Å²) in [5, 5.41) is 4.89. The van der Waals surface area contributed by atoms with Crippen molar-refractivity contribution in [2.75, 3.05) is 4.90 Å². The summed E-state index contributed by atoms with van der Waals surface area (Å²) in [5.74, 6) is 0.906. The molecule has 0 amide bonds. The van der Waals surface area contributed by atoms with Gasteiger partial charge in [-0.05, 0) is 87.5 Å². The van der Waals surface area contributed by atoms with E-state index in [1.165, 1.54) is 21.1 Å². The Morgan fingerprint density at radius 3 is 1.68 bits per heavy atom. The molecule has 4 heteroatoms. The highest BCUT2D eigenvalue weighted by Gasteiger charge is 2.58. The molecule has 0 spiro atoms. The van der Waals surface area contributed by atoms with Crippen LogP contribution in [0.15, 0.2) is 200 Å². The summed E-state index contributed by atoms with van der Waals surface area (Å²) in [7, 11) is -2.99. The lowest BCUT2D eigenvalue weighted by atomic mass is 9.61. The second kappa shape index (κ2) is 13.8. The van der Waals surface area contributed by atoms with E-state index in [9.17, 15) is 5.48 Å². The Bertz CT molecular complexity index is 3280. The summed E-state index contributed by atoms with van der Waals surface area (Å²) in [5.41, 5.74) is 3.45. The summed E-state index contributed by atoms with van der Waals surface area (Å²) in [6.07, 6.45) is 4.04. The van der Waals surface area contributed by atoms with E-state index in [1.807, 2.05) is 6.07 Å². The largest absolute Gasteiger partial charge is 0.319 e. The summed E-state index contributed by atoms with van der Waals surface area (Å²) in [6, 6.07) is 50.2. The molecule has 9 aromatic rings. The zero-order chi connectivity index (χ0) is 46.6. The van der Waals surface area contributed by atoms with Crippen molar-refractivity contribution in [3.63, 3.8) is 0 Å². The topological polar surface area (TPSA) is 21.1 Å². The molecule has 1 fully saturated rings. The molecule has 2 aliphatic rings. The summed E-state index contributed by atoms with van der Waals surface area (Å²) < 4.78 is 73.8. The van der Waals surface area contributed by atoms with Crippen LogP contribution in [0.2, 0.25) is 0 Å². The minimum Gasteiger partial charge on any atom is -0.319 e. The standard InChI is InChI=1S/C55H47N3Si/c1-54-35-18-19-36-55(54,2)58(51-34-17-14-31-48(51)54)53-39-41(38-52(56-53)57-49-32-15-12-29-46(49)47-30-13-16-33-50(47)57)40-21-20-28-45(37-40)59(42-22-6-3-7-23-42,43-24-8-4-9-25-43)44-26-10-5-11-27-44/h3-17,20-34,37-39H,18-19,35-36H2,1-2H3/i12D,13D,15D,16D,29D,30D,32D,33D. The molecular formula is C55H47N3Si. The molecule has 0 N–H and O–H groups in total. The maximum absolute atomic E-state index is 9.39. The van der Waals surface area contributed by atoms with Crippen molar-refractivity contribution in [1.29, 1.82) is 0 Å². The first kappa shape index (κ1) is 28.0. The van der Waals surface area contributed by atoms with Crippen LogP contribution in [0.1, 0.15) is 56.1 Å². The quantitative estimate of drug-likeness (QED) is 0.119. The molecule has 3 nitrogen and oxygen atoms in total. The zero-order valence-corrected chi connectivity index (χ0v) is 34.1. The number of anilines is 2. The number of fused-ring (bicyclic) bond motifs is 6. The molecule has 7 aromatic carbocycles. The highest BCUT2D eigenvalue weighted by molar-refractivity contribution is 7.19. The van der Waals surface area contributed by atoms with Crippen LogP contribution in [0.4, 0.5) is 11.5 Å². The van der Waals surface area contributed by atoms with Crippen molar-refractivity contribution in [3.05, 3.63) is 206 Å². The molecule has 286 valence electrons. The van der Waals surface area contributed by atoms with Crippen LogP contribution in [0.3, 0.4) is 0 Å².